The standard InChI is InChI=1S/C20H31N3O/c1-15-5-9-18(10-6-15)23-20(13-3-2-4-14-20)19(24)22-17-11-7-16(21)8-12-17/h5-6,9-10,16-17,23H,2-4,7-8,11-14,21H2,1H3,(H,22,24). The molecule has 3 rings (SSSR count). The number of hydrogen-bond acceptors (Lipinski definition) is 3. The summed E-state index contributed by atoms with van der Waals surface area (Å²) in [4.78, 5) is 13.1. The number of amides is 1. The van der Waals surface area contributed by atoms with Gasteiger partial charge in [-0.3, -0.25) is 4.79 Å². The van der Waals surface area contributed by atoms with Crippen LogP contribution in [0.4, 0.5) is 5.69 Å². The molecule has 4 N–H and O–H groups in total. The highest BCUT2D eigenvalue weighted by atomic mass is 16.2. The van der Waals surface area contributed by atoms with E-state index in [1.807, 2.05) is 0 Å². The van der Waals surface area contributed by atoms with Crippen molar-refractivity contribution < 1.29 is 4.79 Å². The second-order valence-corrected chi connectivity index (χ2v) is 7.72. The van der Waals surface area contributed by atoms with Crippen LogP contribution in [0.25, 0.3) is 0 Å². The molecule has 0 radical (unpaired) electrons. The molecule has 2 aliphatic rings. The molecule has 4 heteroatoms. The van der Waals surface area contributed by atoms with Crippen LogP contribution in [0, 0.1) is 6.92 Å². The minimum atomic E-state index is -0.451. The van der Waals surface area contributed by atoms with E-state index in [0.717, 1.165) is 57.1 Å². The summed E-state index contributed by atoms with van der Waals surface area (Å²) < 4.78 is 0. The van der Waals surface area contributed by atoms with E-state index in [2.05, 4.69) is 41.8 Å². The van der Waals surface area contributed by atoms with E-state index in [-0.39, 0.29) is 11.9 Å². The number of hydrogen-bond donors (Lipinski definition) is 3. The van der Waals surface area contributed by atoms with Gasteiger partial charge in [-0.2, -0.15) is 0 Å². The van der Waals surface area contributed by atoms with Crippen LogP contribution in [0.1, 0.15) is 63.4 Å². The predicted octanol–water partition coefficient (Wildman–Crippen LogP) is 3.50. The fourth-order valence-corrected chi connectivity index (χ4v) is 4.06. The Morgan fingerprint density at radius 1 is 1.04 bits per heavy atom. The molecule has 24 heavy (non-hydrogen) atoms. The molecule has 0 aliphatic heterocycles. The van der Waals surface area contributed by atoms with Crippen LogP contribution in [0.5, 0.6) is 0 Å². The summed E-state index contributed by atoms with van der Waals surface area (Å²) in [6.45, 7) is 2.08. The van der Waals surface area contributed by atoms with E-state index in [1.165, 1.54) is 12.0 Å². The molecule has 0 aromatic heterocycles. The summed E-state index contributed by atoms with van der Waals surface area (Å²) >= 11 is 0. The molecule has 1 aromatic carbocycles. The summed E-state index contributed by atoms with van der Waals surface area (Å²) in [7, 11) is 0. The van der Waals surface area contributed by atoms with Crippen molar-refractivity contribution in [2.75, 3.05) is 5.32 Å². The first-order chi connectivity index (χ1) is 11.6. The van der Waals surface area contributed by atoms with E-state index in [0.29, 0.717) is 6.04 Å². The SMILES string of the molecule is Cc1ccc(NC2(C(=O)NC3CCC(N)CC3)CCCCC2)cc1. The normalized spacial score (nSPS) is 26.6. The molecule has 4 nitrogen and oxygen atoms in total. The molecule has 2 saturated carbocycles. The number of anilines is 1. The minimum Gasteiger partial charge on any atom is -0.371 e. The van der Waals surface area contributed by atoms with Gasteiger partial charge in [0.05, 0.1) is 0 Å². The highest BCUT2D eigenvalue weighted by Crippen LogP contribution is 2.33. The average Bonchev–Trinajstić information content (AvgIpc) is 2.60. The topological polar surface area (TPSA) is 67.2 Å². The zero-order valence-electron chi connectivity index (χ0n) is 14.8. The summed E-state index contributed by atoms with van der Waals surface area (Å²) in [6, 6.07) is 8.96. The molecule has 2 aliphatic carbocycles. The third-order valence-electron chi connectivity index (χ3n) is 5.68. The van der Waals surface area contributed by atoms with Gasteiger partial charge in [0, 0.05) is 17.8 Å². The first-order valence-electron chi connectivity index (χ1n) is 9.49. The van der Waals surface area contributed by atoms with E-state index in [4.69, 9.17) is 5.73 Å². The van der Waals surface area contributed by atoms with Crippen molar-refractivity contribution in [3.8, 4) is 0 Å². The van der Waals surface area contributed by atoms with Crippen molar-refractivity contribution >= 4 is 11.6 Å². The van der Waals surface area contributed by atoms with Crippen molar-refractivity contribution in [1.82, 2.24) is 5.32 Å². The molecule has 1 aromatic rings. The fraction of sp³-hybridized carbons (Fsp3) is 0.650. The largest absolute Gasteiger partial charge is 0.371 e. The maximum absolute atomic E-state index is 13.1. The highest BCUT2D eigenvalue weighted by Gasteiger charge is 2.40. The highest BCUT2D eigenvalue weighted by molar-refractivity contribution is 5.89. The Kier molecular flexibility index (Phi) is 5.44. The van der Waals surface area contributed by atoms with Crippen LogP contribution in [0.15, 0.2) is 24.3 Å². The van der Waals surface area contributed by atoms with Gasteiger partial charge in [0.1, 0.15) is 5.54 Å². The molecule has 0 saturated heterocycles. The molecular formula is C20H31N3O. The first kappa shape index (κ1) is 17.3. The van der Waals surface area contributed by atoms with Crippen molar-refractivity contribution in [3.05, 3.63) is 29.8 Å². The first-order valence-corrected chi connectivity index (χ1v) is 9.49. The summed E-state index contributed by atoms with van der Waals surface area (Å²) in [5.41, 5.74) is 7.82. The lowest BCUT2D eigenvalue weighted by Crippen LogP contribution is -2.56. The van der Waals surface area contributed by atoms with E-state index >= 15 is 0 Å². The van der Waals surface area contributed by atoms with Gasteiger partial charge < -0.3 is 16.4 Å². The lowest BCUT2D eigenvalue weighted by Gasteiger charge is -2.39. The Labute approximate surface area is 145 Å². The molecule has 0 unspecified atom stereocenters. The number of benzene rings is 1. The van der Waals surface area contributed by atoms with Crippen molar-refractivity contribution in [3.63, 3.8) is 0 Å². The Balaban J connectivity index is 1.70. The maximum atomic E-state index is 13.1. The van der Waals surface area contributed by atoms with Gasteiger partial charge in [-0.05, 0) is 57.6 Å². The van der Waals surface area contributed by atoms with Crippen LogP contribution >= 0.6 is 0 Å². The van der Waals surface area contributed by atoms with Crippen LogP contribution < -0.4 is 16.4 Å². The predicted molar refractivity (Wildman–Crippen MR) is 99.0 cm³/mol. The van der Waals surface area contributed by atoms with E-state index in [1.54, 1.807) is 0 Å². The second kappa shape index (κ2) is 7.56. The molecule has 1 amide bonds. The smallest absolute Gasteiger partial charge is 0.245 e. The maximum Gasteiger partial charge on any atom is 0.245 e. The summed E-state index contributed by atoms with van der Waals surface area (Å²) in [6.07, 6.45) is 9.33. The molecule has 0 spiro atoms. The van der Waals surface area contributed by atoms with Crippen LogP contribution in [0.3, 0.4) is 0 Å². The van der Waals surface area contributed by atoms with Gasteiger partial charge in [0.25, 0.3) is 0 Å². The number of rotatable bonds is 4. The van der Waals surface area contributed by atoms with Gasteiger partial charge in [0.15, 0.2) is 0 Å². The molecule has 2 fully saturated rings. The molecular weight excluding hydrogens is 298 g/mol. The van der Waals surface area contributed by atoms with Crippen LogP contribution in [-0.2, 0) is 4.79 Å². The number of carbonyl (C=O) groups excluding carboxylic acids is 1. The lowest BCUT2D eigenvalue weighted by molar-refractivity contribution is -0.127. The van der Waals surface area contributed by atoms with Gasteiger partial charge in [-0.25, -0.2) is 0 Å². The third kappa shape index (κ3) is 4.10. The van der Waals surface area contributed by atoms with Crippen LogP contribution in [-0.4, -0.2) is 23.5 Å². The zero-order chi connectivity index (χ0) is 17.0. The van der Waals surface area contributed by atoms with Crippen LogP contribution in [0.2, 0.25) is 0 Å². The van der Waals surface area contributed by atoms with Gasteiger partial charge in [0.2, 0.25) is 5.91 Å². The van der Waals surface area contributed by atoms with Gasteiger partial charge in [-0.1, -0.05) is 37.0 Å². The molecule has 0 heterocycles. The third-order valence-corrected chi connectivity index (χ3v) is 5.68. The molecule has 132 valence electrons. The second-order valence-electron chi connectivity index (χ2n) is 7.72. The fourth-order valence-electron chi connectivity index (χ4n) is 4.06. The van der Waals surface area contributed by atoms with Crippen molar-refractivity contribution in [2.45, 2.75) is 82.3 Å². The Hall–Kier alpha value is -1.55. The number of aryl methyl sites for hydroxylation is 1. The number of nitrogens with one attached hydrogen (secondary N) is 2. The van der Waals surface area contributed by atoms with Gasteiger partial charge in [-0.15, -0.1) is 0 Å². The summed E-state index contributed by atoms with van der Waals surface area (Å²) in [5.74, 6) is 0.184. The quantitative estimate of drug-likeness (QED) is 0.792. The number of carbonyl (C=O) groups is 1. The van der Waals surface area contributed by atoms with E-state index < -0.39 is 5.54 Å². The average molecular weight is 329 g/mol. The minimum absolute atomic E-state index is 0.184. The molecule has 0 bridgehead atoms. The van der Waals surface area contributed by atoms with Gasteiger partial charge >= 0.3 is 0 Å². The Morgan fingerprint density at radius 2 is 1.67 bits per heavy atom. The Bertz CT molecular complexity index is 541. The lowest BCUT2D eigenvalue weighted by atomic mass is 9.80. The zero-order valence-corrected chi connectivity index (χ0v) is 14.8. The van der Waals surface area contributed by atoms with Crippen molar-refractivity contribution in [2.24, 2.45) is 5.73 Å². The molecule has 0 atom stereocenters. The van der Waals surface area contributed by atoms with Crippen molar-refractivity contribution in [1.29, 1.82) is 0 Å². The van der Waals surface area contributed by atoms with E-state index in [9.17, 15) is 4.79 Å². The number of nitrogens with two attached hydrogens (primary N) is 1. The summed E-state index contributed by atoms with van der Waals surface area (Å²) in [5, 5.41) is 6.91. The Morgan fingerprint density at radius 3 is 2.29 bits per heavy atom. The monoisotopic (exact) mass is 329 g/mol.